The number of ether oxygens (including phenoxy) is 1. The molecule has 0 aromatic rings. The molecule has 1 saturated heterocycles. The number of Topliss-reactive ketones (excluding diaryl/α,β-unsaturated/α-hetero) is 1. The molecule has 4 fully saturated rings. The third-order valence-electron chi connectivity index (χ3n) is 12.7. The van der Waals surface area contributed by atoms with Crippen molar-refractivity contribution >= 4 is 17.5 Å². The zero-order valence-corrected chi connectivity index (χ0v) is 22.8. The molecular formula is C31H39NO4. The number of ketones is 2. The van der Waals surface area contributed by atoms with E-state index in [-0.39, 0.29) is 40.4 Å². The van der Waals surface area contributed by atoms with Gasteiger partial charge in [-0.25, -0.2) is 0 Å². The summed E-state index contributed by atoms with van der Waals surface area (Å²) in [5.74, 6) is -0.433. The lowest BCUT2D eigenvalue weighted by atomic mass is 9.33. The Kier molecular flexibility index (Phi) is 4.31. The molecule has 5 heteroatoms. The molecule has 0 N–H and O–H groups in total. The second kappa shape index (κ2) is 6.43. The second-order valence-corrected chi connectivity index (χ2v) is 14.9. The summed E-state index contributed by atoms with van der Waals surface area (Å²) in [7, 11) is 0. The smallest absolute Gasteiger partial charge is 0.313 e. The molecule has 1 heterocycles. The van der Waals surface area contributed by atoms with Crippen LogP contribution in [0, 0.1) is 55.7 Å². The Bertz CT molecular complexity index is 1250. The largest absolute Gasteiger partial charge is 0.449 e. The van der Waals surface area contributed by atoms with Crippen molar-refractivity contribution in [1.29, 1.82) is 5.26 Å². The van der Waals surface area contributed by atoms with Gasteiger partial charge >= 0.3 is 5.97 Å². The molecule has 2 bridgehead atoms. The maximum absolute atomic E-state index is 14.5. The summed E-state index contributed by atoms with van der Waals surface area (Å²) >= 11 is 0. The Morgan fingerprint density at radius 2 is 1.58 bits per heavy atom. The van der Waals surface area contributed by atoms with Crippen molar-refractivity contribution in [2.24, 2.45) is 44.3 Å². The summed E-state index contributed by atoms with van der Waals surface area (Å²) < 4.78 is 6.45. The van der Waals surface area contributed by atoms with Crippen LogP contribution in [0.3, 0.4) is 0 Å². The van der Waals surface area contributed by atoms with Gasteiger partial charge in [0.1, 0.15) is 6.07 Å². The van der Waals surface area contributed by atoms with E-state index in [1.165, 1.54) is 0 Å². The van der Waals surface area contributed by atoms with E-state index < -0.39 is 32.7 Å². The summed E-state index contributed by atoms with van der Waals surface area (Å²) in [6.45, 7) is 15.0. The average Bonchev–Trinajstić information content (AvgIpc) is 2.98. The summed E-state index contributed by atoms with van der Waals surface area (Å²) in [4.78, 5) is 41.3. The number of nitrogens with zero attached hydrogens (tertiary/aromatic N) is 1. The Morgan fingerprint density at radius 1 is 0.917 bits per heavy atom. The molecule has 7 atom stereocenters. The molecule has 5 aliphatic carbocycles. The fourth-order valence-electron chi connectivity index (χ4n) is 10.4. The van der Waals surface area contributed by atoms with Gasteiger partial charge in [-0.15, -0.1) is 0 Å². The number of hydrogen-bond acceptors (Lipinski definition) is 5. The summed E-state index contributed by atoms with van der Waals surface area (Å²) in [6, 6.07) is 2.16. The molecule has 5 nitrogen and oxygen atoms in total. The molecule has 1 spiro atoms. The number of allylic oxidation sites excluding steroid dienone is 3. The predicted molar refractivity (Wildman–Crippen MR) is 134 cm³/mol. The minimum atomic E-state index is -1.14. The third-order valence-corrected chi connectivity index (χ3v) is 12.7. The Balaban J connectivity index is 1.60. The number of carbonyl (C=O) groups excluding carboxylic acids is 3. The van der Waals surface area contributed by atoms with Crippen LogP contribution in [0.4, 0.5) is 0 Å². The SMILES string of the molecule is CC1(C)CC[C@@]23CC[C@@]4(C)[C@]5(C)CC[C@H]6C(C)(C)C(=O)C(C#N)=C[C@]6(C)C5=CC(=O)[C@]4(OC2=O)[C@@H]3C1. The van der Waals surface area contributed by atoms with Crippen molar-refractivity contribution in [2.75, 3.05) is 0 Å². The van der Waals surface area contributed by atoms with Crippen molar-refractivity contribution in [3.05, 3.63) is 23.3 Å². The Hall–Kier alpha value is -2.22. The quantitative estimate of drug-likeness (QED) is 0.396. The first kappa shape index (κ1) is 24.1. The van der Waals surface area contributed by atoms with E-state index in [1.54, 1.807) is 0 Å². The highest BCUT2D eigenvalue weighted by atomic mass is 16.6. The fourth-order valence-corrected chi connectivity index (χ4v) is 10.4. The Morgan fingerprint density at radius 3 is 2.25 bits per heavy atom. The van der Waals surface area contributed by atoms with E-state index in [9.17, 15) is 19.6 Å². The van der Waals surface area contributed by atoms with Gasteiger partial charge in [0.05, 0.1) is 11.0 Å². The van der Waals surface area contributed by atoms with E-state index in [1.807, 2.05) is 26.0 Å². The van der Waals surface area contributed by atoms with Crippen LogP contribution in [-0.4, -0.2) is 23.1 Å². The lowest BCUT2D eigenvalue weighted by molar-refractivity contribution is -0.206. The highest BCUT2D eigenvalue weighted by Crippen LogP contribution is 2.78. The average molecular weight is 490 g/mol. The van der Waals surface area contributed by atoms with Crippen LogP contribution in [-0.2, 0) is 19.1 Å². The van der Waals surface area contributed by atoms with Crippen LogP contribution in [0.1, 0.15) is 93.4 Å². The summed E-state index contributed by atoms with van der Waals surface area (Å²) in [5.41, 5.74) is -2.60. The summed E-state index contributed by atoms with van der Waals surface area (Å²) in [6.07, 6.45) is 9.46. The number of hydrogen-bond donors (Lipinski definition) is 0. The van der Waals surface area contributed by atoms with Gasteiger partial charge in [0.15, 0.2) is 17.2 Å². The highest BCUT2D eigenvalue weighted by Gasteiger charge is 2.82. The van der Waals surface area contributed by atoms with Gasteiger partial charge in [0, 0.05) is 22.2 Å². The van der Waals surface area contributed by atoms with Crippen molar-refractivity contribution in [1.82, 2.24) is 0 Å². The van der Waals surface area contributed by atoms with Gasteiger partial charge in [-0.2, -0.15) is 5.26 Å². The molecule has 6 rings (SSSR count). The first-order valence-corrected chi connectivity index (χ1v) is 13.7. The van der Waals surface area contributed by atoms with E-state index in [0.717, 1.165) is 50.5 Å². The van der Waals surface area contributed by atoms with Gasteiger partial charge in [-0.1, -0.05) is 54.5 Å². The van der Waals surface area contributed by atoms with Crippen LogP contribution in [0.25, 0.3) is 0 Å². The van der Waals surface area contributed by atoms with E-state index >= 15 is 0 Å². The normalized spacial score (nSPS) is 49.9. The molecule has 0 radical (unpaired) electrons. The van der Waals surface area contributed by atoms with Crippen LogP contribution < -0.4 is 0 Å². The molecular weight excluding hydrogens is 450 g/mol. The van der Waals surface area contributed by atoms with Crippen molar-refractivity contribution in [3.63, 3.8) is 0 Å². The van der Waals surface area contributed by atoms with Gasteiger partial charge in [-0.05, 0) is 73.3 Å². The molecule has 0 unspecified atom stereocenters. The highest BCUT2D eigenvalue weighted by molar-refractivity contribution is 6.06. The van der Waals surface area contributed by atoms with Crippen LogP contribution >= 0.6 is 0 Å². The van der Waals surface area contributed by atoms with Gasteiger partial charge in [0.2, 0.25) is 0 Å². The number of carbonyl (C=O) groups is 3. The second-order valence-electron chi connectivity index (χ2n) is 14.9. The van der Waals surface area contributed by atoms with Crippen LogP contribution in [0.2, 0.25) is 0 Å². The molecule has 192 valence electrons. The summed E-state index contributed by atoms with van der Waals surface area (Å²) in [5, 5.41) is 9.86. The first-order valence-electron chi connectivity index (χ1n) is 13.7. The topological polar surface area (TPSA) is 84.2 Å². The Labute approximate surface area is 214 Å². The van der Waals surface area contributed by atoms with Gasteiger partial charge in [0.25, 0.3) is 0 Å². The van der Waals surface area contributed by atoms with Crippen LogP contribution in [0.15, 0.2) is 23.3 Å². The predicted octanol–water partition coefficient (Wildman–Crippen LogP) is 5.89. The molecule has 0 amide bonds. The maximum atomic E-state index is 14.5. The molecule has 3 saturated carbocycles. The van der Waals surface area contributed by atoms with E-state index in [2.05, 4.69) is 40.7 Å². The molecule has 36 heavy (non-hydrogen) atoms. The van der Waals surface area contributed by atoms with Crippen molar-refractivity contribution < 1.29 is 19.1 Å². The van der Waals surface area contributed by atoms with E-state index in [4.69, 9.17) is 4.74 Å². The number of rotatable bonds is 0. The lowest BCUT2D eigenvalue weighted by Crippen LogP contribution is -2.71. The number of nitriles is 1. The number of fused-ring (bicyclic) bond motifs is 4. The van der Waals surface area contributed by atoms with E-state index in [0.29, 0.717) is 0 Å². The zero-order valence-electron chi connectivity index (χ0n) is 22.8. The van der Waals surface area contributed by atoms with Gasteiger partial charge < -0.3 is 4.74 Å². The molecule has 0 aromatic carbocycles. The monoisotopic (exact) mass is 489 g/mol. The number of esters is 1. The fraction of sp³-hybridized carbons (Fsp3) is 0.742. The minimum absolute atomic E-state index is 0.00167. The van der Waals surface area contributed by atoms with Gasteiger partial charge in [-0.3, -0.25) is 14.4 Å². The van der Waals surface area contributed by atoms with Crippen molar-refractivity contribution in [3.8, 4) is 6.07 Å². The standard InChI is InChI=1S/C31H39NO4/c1-25(2)10-12-30-13-11-29(7)28(6)9-8-19-26(3,4)23(34)18(17-32)15-27(19,5)20(28)14-22(33)31(29,21(30)16-25)36-24(30)35/h14-15,19,21H,8-13,16H2,1-7H3/t19-,21+,27-,28+,29-,30-,31+/m0/s1. The maximum Gasteiger partial charge on any atom is 0.313 e. The molecule has 0 aromatic heterocycles. The van der Waals surface area contributed by atoms with Crippen LogP contribution in [0.5, 0.6) is 0 Å². The zero-order chi connectivity index (χ0) is 26.3. The minimum Gasteiger partial charge on any atom is -0.449 e. The third kappa shape index (κ3) is 2.29. The first-order chi connectivity index (χ1) is 16.6. The van der Waals surface area contributed by atoms with Crippen molar-refractivity contribution in [2.45, 2.75) is 99.0 Å². The molecule has 1 aliphatic heterocycles. The lowest BCUT2D eigenvalue weighted by Gasteiger charge is -2.68. The molecule has 6 aliphatic rings.